The van der Waals surface area contributed by atoms with Crippen molar-refractivity contribution in [3.63, 3.8) is 0 Å². The topological polar surface area (TPSA) is 103 Å². The lowest BCUT2D eigenvalue weighted by Gasteiger charge is -2.13. The molecule has 8 nitrogen and oxygen atoms in total. The SMILES string of the molecule is CCCOc1ccc(CNC(=S)NC(=O)/C=C/c2cccc([N+](=O)[O-])c2)cc1OC. The number of nitro groups is 1. The van der Waals surface area contributed by atoms with Gasteiger partial charge in [0.05, 0.1) is 18.6 Å². The van der Waals surface area contributed by atoms with E-state index in [0.29, 0.717) is 30.2 Å². The van der Waals surface area contributed by atoms with E-state index in [-0.39, 0.29) is 10.8 Å². The first-order chi connectivity index (χ1) is 14.4. The number of rotatable bonds is 9. The summed E-state index contributed by atoms with van der Waals surface area (Å²) in [6.07, 6.45) is 3.64. The van der Waals surface area contributed by atoms with E-state index < -0.39 is 10.8 Å². The van der Waals surface area contributed by atoms with E-state index in [1.165, 1.54) is 24.3 Å². The van der Waals surface area contributed by atoms with E-state index in [9.17, 15) is 14.9 Å². The summed E-state index contributed by atoms with van der Waals surface area (Å²) in [6.45, 7) is 3.02. The third-order valence-corrected chi connectivity index (χ3v) is 4.13. The summed E-state index contributed by atoms with van der Waals surface area (Å²) in [5.74, 6) is 0.850. The highest BCUT2D eigenvalue weighted by atomic mass is 32.1. The highest BCUT2D eigenvalue weighted by Crippen LogP contribution is 2.28. The molecular weight excluding hydrogens is 406 g/mol. The number of benzene rings is 2. The van der Waals surface area contributed by atoms with Crippen LogP contribution >= 0.6 is 12.2 Å². The Kier molecular flexibility index (Phi) is 8.76. The van der Waals surface area contributed by atoms with E-state index in [2.05, 4.69) is 10.6 Å². The molecule has 2 rings (SSSR count). The third-order valence-electron chi connectivity index (χ3n) is 3.89. The second kappa shape index (κ2) is 11.5. The van der Waals surface area contributed by atoms with Crippen molar-refractivity contribution < 1.29 is 19.2 Å². The number of nitro benzene ring substituents is 1. The number of thiocarbonyl (C=S) groups is 1. The number of carbonyl (C=O) groups excluding carboxylic acids is 1. The quantitative estimate of drug-likeness (QED) is 0.272. The number of amides is 1. The lowest BCUT2D eigenvalue weighted by atomic mass is 10.2. The molecule has 0 heterocycles. The first-order valence-electron chi connectivity index (χ1n) is 9.24. The van der Waals surface area contributed by atoms with Gasteiger partial charge in [-0.1, -0.05) is 25.1 Å². The van der Waals surface area contributed by atoms with Gasteiger partial charge in [-0.15, -0.1) is 0 Å². The summed E-state index contributed by atoms with van der Waals surface area (Å²) in [5.41, 5.74) is 1.39. The van der Waals surface area contributed by atoms with E-state index >= 15 is 0 Å². The molecule has 0 bridgehead atoms. The van der Waals surface area contributed by atoms with Crippen molar-refractivity contribution in [1.29, 1.82) is 0 Å². The fourth-order valence-electron chi connectivity index (χ4n) is 2.45. The Morgan fingerprint density at radius 1 is 1.23 bits per heavy atom. The summed E-state index contributed by atoms with van der Waals surface area (Å²) in [7, 11) is 1.57. The minimum atomic E-state index is -0.492. The lowest BCUT2D eigenvalue weighted by Crippen LogP contribution is -2.37. The van der Waals surface area contributed by atoms with Crippen molar-refractivity contribution in [2.75, 3.05) is 13.7 Å². The molecule has 0 fully saturated rings. The molecule has 0 spiro atoms. The molecule has 0 aliphatic rings. The Bertz CT molecular complexity index is 946. The number of ether oxygens (including phenoxy) is 2. The maximum atomic E-state index is 12.0. The Morgan fingerprint density at radius 2 is 2.03 bits per heavy atom. The monoisotopic (exact) mass is 429 g/mol. The molecule has 0 unspecified atom stereocenters. The maximum Gasteiger partial charge on any atom is 0.270 e. The van der Waals surface area contributed by atoms with E-state index in [4.69, 9.17) is 21.7 Å². The number of nitrogens with zero attached hydrogens (tertiary/aromatic N) is 1. The zero-order valence-corrected chi connectivity index (χ0v) is 17.5. The van der Waals surface area contributed by atoms with Gasteiger partial charge in [0, 0.05) is 24.8 Å². The molecule has 2 aromatic carbocycles. The van der Waals surface area contributed by atoms with Crippen molar-refractivity contribution in [1.82, 2.24) is 10.6 Å². The van der Waals surface area contributed by atoms with E-state index in [0.717, 1.165) is 12.0 Å². The molecule has 2 N–H and O–H groups in total. The zero-order chi connectivity index (χ0) is 21.9. The predicted molar refractivity (Wildman–Crippen MR) is 118 cm³/mol. The van der Waals surface area contributed by atoms with E-state index in [1.807, 2.05) is 25.1 Å². The highest BCUT2D eigenvalue weighted by Gasteiger charge is 2.07. The molecule has 0 aromatic heterocycles. The van der Waals surface area contributed by atoms with Gasteiger partial charge in [-0.25, -0.2) is 0 Å². The minimum Gasteiger partial charge on any atom is -0.493 e. The van der Waals surface area contributed by atoms with E-state index in [1.54, 1.807) is 19.2 Å². The molecule has 0 saturated carbocycles. The highest BCUT2D eigenvalue weighted by molar-refractivity contribution is 7.80. The van der Waals surface area contributed by atoms with Crippen molar-refractivity contribution >= 4 is 35.0 Å². The van der Waals surface area contributed by atoms with Gasteiger partial charge in [-0.3, -0.25) is 20.2 Å². The van der Waals surface area contributed by atoms with Gasteiger partial charge in [0.2, 0.25) is 5.91 Å². The first-order valence-corrected chi connectivity index (χ1v) is 9.64. The van der Waals surface area contributed by atoms with Gasteiger partial charge < -0.3 is 14.8 Å². The number of carbonyl (C=O) groups is 1. The maximum absolute atomic E-state index is 12.0. The normalized spacial score (nSPS) is 10.5. The number of hydrogen-bond acceptors (Lipinski definition) is 6. The van der Waals surface area contributed by atoms with Crippen molar-refractivity contribution in [2.24, 2.45) is 0 Å². The molecule has 9 heteroatoms. The molecular formula is C21H23N3O5S. The average Bonchev–Trinajstić information content (AvgIpc) is 2.75. The Balaban J connectivity index is 1.87. The summed E-state index contributed by atoms with van der Waals surface area (Å²) in [4.78, 5) is 22.3. The van der Waals surface area contributed by atoms with Gasteiger partial charge in [0.1, 0.15) is 0 Å². The van der Waals surface area contributed by atoms with Crippen LogP contribution in [0.2, 0.25) is 0 Å². The number of hydrogen-bond donors (Lipinski definition) is 2. The molecule has 0 atom stereocenters. The van der Waals surface area contributed by atoms with Crippen LogP contribution < -0.4 is 20.1 Å². The number of methoxy groups -OCH3 is 1. The number of nitrogens with one attached hydrogen (secondary N) is 2. The summed E-state index contributed by atoms with van der Waals surface area (Å²) in [6, 6.07) is 11.5. The molecule has 0 aliphatic carbocycles. The molecule has 0 radical (unpaired) electrons. The van der Waals surface area contributed by atoms with Gasteiger partial charge >= 0.3 is 0 Å². The molecule has 0 saturated heterocycles. The van der Waals surface area contributed by atoms with Crippen LogP contribution in [-0.4, -0.2) is 29.7 Å². The summed E-state index contributed by atoms with van der Waals surface area (Å²) >= 11 is 5.14. The standard InChI is InChI=1S/C21H23N3O5S/c1-3-11-29-18-9-7-16(13-19(18)28-2)14-22-21(30)23-20(25)10-8-15-5-4-6-17(12-15)24(26)27/h4-10,12-13H,3,11,14H2,1-2H3,(H2,22,23,25,30)/b10-8+. The smallest absolute Gasteiger partial charge is 0.270 e. The van der Waals surface area contributed by atoms with Gasteiger partial charge in [0.25, 0.3) is 5.69 Å². The fraction of sp³-hybridized carbons (Fsp3) is 0.238. The van der Waals surface area contributed by atoms with Crippen molar-refractivity contribution in [3.8, 4) is 11.5 Å². The molecule has 158 valence electrons. The van der Waals surface area contributed by atoms with Crippen molar-refractivity contribution in [2.45, 2.75) is 19.9 Å². The fourth-order valence-corrected chi connectivity index (χ4v) is 2.62. The van der Waals surface area contributed by atoms with Crippen LogP contribution in [-0.2, 0) is 11.3 Å². The first kappa shape index (κ1) is 22.8. The van der Waals surface area contributed by atoms with Crippen LogP contribution in [0.25, 0.3) is 6.08 Å². The van der Waals surface area contributed by atoms with Crippen LogP contribution in [0.15, 0.2) is 48.5 Å². The second-order valence-corrected chi connectivity index (χ2v) is 6.60. The number of non-ortho nitro benzene ring substituents is 1. The Hall–Kier alpha value is -3.46. The zero-order valence-electron chi connectivity index (χ0n) is 16.7. The summed E-state index contributed by atoms with van der Waals surface area (Å²) in [5, 5.41) is 16.4. The summed E-state index contributed by atoms with van der Waals surface area (Å²) < 4.78 is 11.0. The van der Waals surface area contributed by atoms with Crippen LogP contribution in [0.1, 0.15) is 24.5 Å². The Labute approximate surface area is 180 Å². The molecule has 2 aromatic rings. The minimum absolute atomic E-state index is 0.0451. The molecule has 30 heavy (non-hydrogen) atoms. The van der Waals surface area contributed by atoms with Crippen molar-refractivity contribution in [3.05, 3.63) is 69.8 Å². The third kappa shape index (κ3) is 7.17. The molecule has 1 amide bonds. The van der Waals surface area contributed by atoms with Gasteiger partial charge in [0.15, 0.2) is 16.6 Å². The predicted octanol–water partition coefficient (Wildman–Crippen LogP) is 3.60. The van der Waals surface area contributed by atoms with Crippen LogP contribution in [0.5, 0.6) is 11.5 Å². The average molecular weight is 429 g/mol. The lowest BCUT2D eigenvalue weighted by molar-refractivity contribution is -0.384. The largest absolute Gasteiger partial charge is 0.493 e. The Morgan fingerprint density at radius 3 is 2.73 bits per heavy atom. The van der Waals surface area contributed by atoms with Crippen LogP contribution in [0.4, 0.5) is 5.69 Å². The van der Waals surface area contributed by atoms with Gasteiger partial charge in [-0.05, 0) is 48.0 Å². The second-order valence-electron chi connectivity index (χ2n) is 6.19. The van der Waals surface area contributed by atoms with Crippen LogP contribution in [0, 0.1) is 10.1 Å². The van der Waals surface area contributed by atoms with Gasteiger partial charge in [-0.2, -0.15) is 0 Å². The molecule has 0 aliphatic heterocycles. The van der Waals surface area contributed by atoms with Crippen LogP contribution in [0.3, 0.4) is 0 Å².